The van der Waals surface area contributed by atoms with Crippen molar-refractivity contribution in [2.45, 2.75) is 37.5 Å². The van der Waals surface area contributed by atoms with Crippen LogP contribution in [0.25, 0.3) is 0 Å². The summed E-state index contributed by atoms with van der Waals surface area (Å²) in [5.41, 5.74) is 2.31. The molecule has 1 aliphatic carbocycles. The Labute approximate surface area is 154 Å². The summed E-state index contributed by atoms with van der Waals surface area (Å²) >= 11 is 0. The first-order valence-corrected chi connectivity index (χ1v) is 10.3. The predicted molar refractivity (Wildman–Crippen MR) is 101 cm³/mol. The van der Waals surface area contributed by atoms with Crippen molar-refractivity contribution < 1.29 is 13.2 Å². The first kappa shape index (κ1) is 17.4. The summed E-state index contributed by atoms with van der Waals surface area (Å²) in [5, 5.41) is 0. The SMILES string of the molecule is Cc1ccc(C23CC2(C)CN(S(=O)(=O)c2ccc(C)cc2)CC3=O)cc1. The number of fused-ring (bicyclic) bond motifs is 1. The van der Waals surface area contributed by atoms with Crippen molar-refractivity contribution in [3.8, 4) is 0 Å². The van der Waals surface area contributed by atoms with Gasteiger partial charge < -0.3 is 0 Å². The topological polar surface area (TPSA) is 54.5 Å². The number of piperidine rings is 1. The van der Waals surface area contributed by atoms with Crippen LogP contribution in [0.4, 0.5) is 0 Å². The molecule has 2 unspecified atom stereocenters. The zero-order valence-corrected chi connectivity index (χ0v) is 16.1. The first-order valence-electron chi connectivity index (χ1n) is 8.86. The van der Waals surface area contributed by atoms with Crippen molar-refractivity contribution in [1.29, 1.82) is 0 Å². The van der Waals surface area contributed by atoms with E-state index in [2.05, 4.69) is 0 Å². The van der Waals surface area contributed by atoms with Crippen molar-refractivity contribution in [3.05, 3.63) is 65.2 Å². The Morgan fingerprint density at radius 3 is 2.00 bits per heavy atom. The van der Waals surface area contributed by atoms with Gasteiger partial charge in [-0.25, -0.2) is 8.42 Å². The molecule has 2 aromatic rings. The molecule has 0 aromatic heterocycles. The summed E-state index contributed by atoms with van der Waals surface area (Å²) in [4.78, 5) is 13.3. The van der Waals surface area contributed by atoms with Gasteiger partial charge in [-0.1, -0.05) is 54.4 Å². The van der Waals surface area contributed by atoms with E-state index in [9.17, 15) is 13.2 Å². The number of rotatable bonds is 3. The zero-order valence-electron chi connectivity index (χ0n) is 15.3. The van der Waals surface area contributed by atoms with E-state index in [4.69, 9.17) is 0 Å². The van der Waals surface area contributed by atoms with Gasteiger partial charge in [0.15, 0.2) is 5.78 Å². The van der Waals surface area contributed by atoms with E-state index in [0.717, 1.165) is 16.7 Å². The molecule has 5 heteroatoms. The molecular formula is C21H23NO3S. The maximum atomic E-state index is 13.1. The number of hydrogen-bond donors (Lipinski definition) is 0. The third kappa shape index (κ3) is 2.37. The molecule has 2 aliphatic rings. The maximum Gasteiger partial charge on any atom is 0.243 e. The second-order valence-electron chi connectivity index (χ2n) is 8.02. The molecule has 1 saturated carbocycles. The van der Waals surface area contributed by atoms with Crippen LogP contribution in [-0.2, 0) is 20.2 Å². The van der Waals surface area contributed by atoms with Gasteiger partial charge in [-0.15, -0.1) is 0 Å². The van der Waals surface area contributed by atoms with Crippen molar-refractivity contribution in [2.75, 3.05) is 13.1 Å². The highest BCUT2D eigenvalue weighted by molar-refractivity contribution is 7.89. The van der Waals surface area contributed by atoms with E-state index in [1.165, 1.54) is 4.31 Å². The summed E-state index contributed by atoms with van der Waals surface area (Å²) in [6.07, 6.45) is 0.710. The van der Waals surface area contributed by atoms with E-state index in [0.29, 0.717) is 13.0 Å². The van der Waals surface area contributed by atoms with Crippen LogP contribution in [0.3, 0.4) is 0 Å². The van der Waals surface area contributed by atoms with Crippen molar-refractivity contribution in [1.82, 2.24) is 4.31 Å². The van der Waals surface area contributed by atoms with Crippen LogP contribution in [-0.4, -0.2) is 31.6 Å². The average Bonchev–Trinajstić information content (AvgIpc) is 3.24. The van der Waals surface area contributed by atoms with Gasteiger partial charge in [-0.3, -0.25) is 4.79 Å². The number of benzene rings is 2. The molecule has 0 N–H and O–H groups in total. The first-order chi connectivity index (χ1) is 12.2. The third-order valence-electron chi connectivity index (χ3n) is 6.09. The highest BCUT2D eigenvalue weighted by Crippen LogP contribution is 2.67. The van der Waals surface area contributed by atoms with E-state index in [1.54, 1.807) is 24.3 Å². The highest BCUT2D eigenvalue weighted by Gasteiger charge is 2.72. The maximum absolute atomic E-state index is 13.1. The Morgan fingerprint density at radius 2 is 1.46 bits per heavy atom. The fraction of sp³-hybridized carbons (Fsp3) is 0.381. The number of carbonyl (C=O) groups is 1. The molecule has 2 fully saturated rings. The second-order valence-corrected chi connectivity index (χ2v) is 9.96. The van der Waals surface area contributed by atoms with Crippen molar-refractivity contribution in [3.63, 3.8) is 0 Å². The molecule has 2 aromatic carbocycles. The van der Waals surface area contributed by atoms with Crippen LogP contribution in [0.15, 0.2) is 53.4 Å². The number of Topliss-reactive ketones (excluding diaryl/α,β-unsaturated/α-hetero) is 1. The molecule has 26 heavy (non-hydrogen) atoms. The van der Waals surface area contributed by atoms with Gasteiger partial charge in [-0.05, 0) is 43.4 Å². The number of carbonyl (C=O) groups excluding carboxylic acids is 1. The van der Waals surface area contributed by atoms with Crippen LogP contribution in [0.5, 0.6) is 0 Å². The van der Waals surface area contributed by atoms with Crippen molar-refractivity contribution >= 4 is 15.8 Å². The fourth-order valence-electron chi connectivity index (χ4n) is 4.39. The standard InChI is InChI=1S/C21H23NO3S/c1-15-4-8-17(9-5-15)21-13-20(21,3)14-22(12-19(21)23)26(24,25)18-10-6-16(2)7-11-18/h4-11H,12-14H2,1-3H3. The third-order valence-corrected chi connectivity index (χ3v) is 7.89. The van der Waals surface area contributed by atoms with Gasteiger partial charge in [0, 0.05) is 6.54 Å². The minimum atomic E-state index is -3.66. The molecule has 4 nitrogen and oxygen atoms in total. The molecule has 0 spiro atoms. The summed E-state index contributed by atoms with van der Waals surface area (Å²) in [6.45, 7) is 6.29. The molecule has 1 heterocycles. The molecule has 4 rings (SSSR count). The van der Waals surface area contributed by atoms with Crippen LogP contribution < -0.4 is 0 Å². The number of ketones is 1. The van der Waals surface area contributed by atoms with Crippen LogP contribution in [0.1, 0.15) is 30.0 Å². The number of hydrogen-bond acceptors (Lipinski definition) is 3. The lowest BCUT2D eigenvalue weighted by molar-refractivity contribution is -0.124. The Bertz CT molecular complexity index is 979. The Kier molecular flexibility index (Phi) is 3.69. The lowest BCUT2D eigenvalue weighted by Crippen LogP contribution is -2.49. The molecule has 0 bridgehead atoms. The zero-order chi connectivity index (χ0) is 18.7. The summed E-state index contributed by atoms with van der Waals surface area (Å²) in [5.74, 6) is 0.00536. The summed E-state index contributed by atoms with van der Waals surface area (Å²) in [6, 6.07) is 14.9. The monoisotopic (exact) mass is 369 g/mol. The smallest absolute Gasteiger partial charge is 0.243 e. The minimum Gasteiger partial charge on any atom is -0.297 e. The van der Waals surface area contributed by atoms with E-state index >= 15 is 0 Å². The second kappa shape index (κ2) is 5.51. The lowest BCUT2D eigenvalue weighted by atomic mass is 9.81. The number of nitrogens with zero attached hydrogens (tertiary/aromatic N) is 1. The summed E-state index contributed by atoms with van der Waals surface area (Å²) in [7, 11) is -3.66. The normalized spacial score (nSPS) is 28.7. The van der Waals surface area contributed by atoms with Gasteiger partial charge in [-0.2, -0.15) is 4.31 Å². The van der Waals surface area contributed by atoms with Gasteiger partial charge in [0.05, 0.1) is 16.9 Å². The average molecular weight is 369 g/mol. The molecule has 1 aliphatic heterocycles. The highest BCUT2D eigenvalue weighted by atomic mass is 32.2. The van der Waals surface area contributed by atoms with E-state index < -0.39 is 15.4 Å². The molecular weight excluding hydrogens is 346 g/mol. The lowest BCUT2D eigenvalue weighted by Gasteiger charge is -2.34. The number of sulfonamides is 1. The van der Waals surface area contributed by atoms with Crippen LogP contribution >= 0.6 is 0 Å². The Hall–Kier alpha value is -1.98. The fourth-order valence-corrected chi connectivity index (χ4v) is 5.91. The van der Waals surface area contributed by atoms with Gasteiger partial charge >= 0.3 is 0 Å². The Balaban J connectivity index is 1.67. The predicted octanol–water partition coefficient (Wildman–Crippen LogP) is 3.22. The quantitative estimate of drug-likeness (QED) is 0.835. The number of aryl methyl sites for hydroxylation is 2. The molecule has 1 saturated heterocycles. The molecule has 136 valence electrons. The van der Waals surface area contributed by atoms with Crippen LogP contribution in [0, 0.1) is 19.3 Å². The minimum absolute atomic E-state index is 0.00536. The molecule has 2 atom stereocenters. The van der Waals surface area contributed by atoms with E-state index in [1.807, 2.05) is 45.0 Å². The van der Waals surface area contributed by atoms with Crippen LogP contribution in [0.2, 0.25) is 0 Å². The van der Waals surface area contributed by atoms with Gasteiger partial charge in [0.25, 0.3) is 0 Å². The van der Waals surface area contributed by atoms with Crippen molar-refractivity contribution in [2.24, 2.45) is 5.41 Å². The molecule has 0 amide bonds. The largest absolute Gasteiger partial charge is 0.297 e. The van der Waals surface area contributed by atoms with Gasteiger partial charge in [0.2, 0.25) is 10.0 Å². The molecule has 0 radical (unpaired) electrons. The van der Waals surface area contributed by atoms with E-state index in [-0.39, 0.29) is 22.6 Å². The van der Waals surface area contributed by atoms with Gasteiger partial charge in [0.1, 0.15) is 0 Å². The summed E-state index contributed by atoms with van der Waals surface area (Å²) < 4.78 is 27.4. The Morgan fingerprint density at radius 1 is 0.923 bits per heavy atom.